The standard InChI is InChI=1S/C11H16N2O3S/c1-4-5-17-7-8(14)10-11(16-3)13-9(15-2)6-12-10/h6H,4-5,7H2,1-3H3. The highest BCUT2D eigenvalue weighted by atomic mass is 32.2. The molecule has 1 rings (SSSR count). The average molecular weight is 256 g/mol. The second kappa shape index (κ2) is 7.11. The van der Waals surface area contributed by atoms with E-state index in [1.165, 1.54) is 20.4 Å². The van der Waals surface area contributed by atoms with Crippen molar-refractivity contribution < 1.29 is 14.3 Å². The fraction of sp³-hybridized carbons (Fsp3) is 0.545. The second-order valence-corrected chi connectivity index (χ2v) is 4.35. The van der Waals surface area contributed by atoms with Gasteiger partial charge in [0.1, 0.15) is 0 Å². The number of rotatable bonds is 7. The number of methoxy groups -OCH3 is 2. The van der Waals surface area contributed by atoms with Gasteiger partial charge < -0.3 is 9.47 Å². The zero-order valence-corrected chi connectivity index (χ0v) is 11.0. The van der Waals surface area contributed by atoms with Gasteiger partial charge in [0.05, 0.1) is 26.2 Å². The van der Waals surface area contributed by atoms with Gasteiger partial charge in [-0.15, -0.1) is 0 Å². The Morgan fingerprint density at radius 1 is 1.41 bits per heavy atom. The van der Waals surface area contributed by atoms with Gasteiger partial charge in [-0.1, -0.05) is 6.92 Å². The minimum absolute atomic E-state index is 0.0737. The van der Waals surface area contributed by atoms with Gasteiger partial charge in [0.2, 0.25) is 11.8 Å². The predicted molar refractivity (Wildman–Crippen MR) is 67.1 cm³/mol. The molecule has 0 unspecified atom stereocenters. The van der Waals surface area contributed by atoms with E-state index in [9.17, 15) is 4.79 Å². The van der Waals surface area contributed by atoms with Crippen molar-refractivity contribution in [1.29, 1.82) is 0 Å². The van der Waals surface area contributed by atoms with Gasteiger partial charge >= 0.3 is 0 Å². The molecule has 0 aliphatic carbocycles. The van der Waals surface area contributed by atoms with E-state index in [1.54, 1.807) is 11.8 Å². The van der Waals surface area contributed by atoms with Crippen molar-refractivity contribution in [3.63, 3.8) is 0 Å². The molecule has 0 saturated carbocycles. The summed E-state index contributed by atoms with van der Waals surface area (Å²) in [4.78, 5) is 19.9. The molecule has 0 fully saturated rings. The molecular weight excluding hydrogens is 240 g/mol. The number of hydrogen-bond acceptors (Lipinski definition) is 6. The summed E-state index contributed by atoms with van der Waals surface area (Å²) in [5.74, 6) is 1.82. The number of carbonyl (C=O) groups excluding carboxylic acids is 1. The molecule has 1 aromatic rings. The van der Waals surface area contributed by atoms with Crippen LogP contribution in [0.2, 0.25) is 0 Å². The van der Waals surface area contributed by atoms with E-state index in [-0.39, 0.29) is 17.4 Å². The van der Waals surface area contributed by atoms with E-state index < -0.39 is 0 Å². The number of ketones is 1. The van der Waals surface area contributed by atoms with E-state index in [4.69, 9.17) is 9.47 Å². The molecule has 1 aromatic heterocycles. The normalized spacial score (nSPS) is 10.1. The zero-order chi connectivity index (χ0) is 12.7. The van der Waals surface area contributed by atoms with Crippen LogP contribution in [-0.2, 0) is 0 Å². The van der Waals surface area contributed by atoms with E-state index in [0.29, 0.717) is 11.6 Å². The van der Waals surface area contributed by atoms with E-state index in [2.05, 4.69) is 16.9 Å². The minimum atomic E-state index is -0.0737. The molecule has 0 amide bonds. The summed E-state index contributed by atoms with van der Waals surface area (Å²) in [6, 6.07) is 0. The molecule has 5 nitrogen and oxygen atoms in total. The lowest BCUT2D eigenvalue weighted by atomic mass is 10.3. The number of hydrogen-bond donors (Lipinski definition) is 0. The van der Waals surface area contributed by atoms with Crippen LogP contribution in [0.1, 0.15) is 23.8 Å². The quantitative estimate of drug-likeness (QED) is 0.548. The number of ether oxygens (including phenoxy) is 2. The Bertz CT molecular complexity index is 385. The molecule has 6 heteroatoms. The monoisotopic (exact) mass is 256 g/mol. The molecule has 0 spiro atoms. The minimum Gasteiger partial charge on any atom is -0.480 e. The first-order chi connectivity index (χ1) is 8.22. The second-order valence-electron chi connectivity index (χ2n) is 3.25. The van der Waals surface area contributed by atoms with Crippen LogP contribution in [0.25, 0.3) is 0 Å². The van der Waals surface area contributed by atoms with Gasteiger partial charge in [-0.3, -0.25) is 4.79 Å². The van der Waals surface area contributed by atoms with Gasteiger partial charge in [-0.05, 0) is 12.2 Å². The SMILES string of the molecule is CCCSCC(=O)c1ncc(OC)nc1OC. The number of aromatic nitrogens is 2. The molecule has 0 aromatic carbocycles. The van der Waals surface area contributed by atoms with Crippen LogP contribution >= 0.6 is 11.8 Å². The lowest BCUT2D eigenvalue weighted by molar-refractivity contribution is 0.101. The summed E-state index contributed by atoms with van der Waals surface area (Å²) in [5, 5.41) is 0. The molecule has 0 N–H and O–H groups in total. The van der Waals surface area contributed by atoms with Gasteiger partial charge in [0, 0.05) is 0 Å². The van der Waals surface area contributed by atoms with Crippen LogP contribution in [0.5, 0.6) is 11.8 Å². The number of Topliss-reactive ketones (excluding diaryl/α,β-unsaturated/α-hetero) is 1. The lowest BCUT2D eigenvalue weighted by Crippen LogP contribution is -2.10. The van der Waals surface area contributed by atoms with Crippen molar-refractivity contribution >= 4 is 17.5 Å². The van der Waals surface area contributed by atoms with Crippen LogP contribution in [0.3, 0.4) is 0 Å². The van der Waals surface area contributed by atoms with E-state index in [0.717, 1.165) is 12.2 Å². The Kier molecular flexibility index (Phi) is 5.76. The highest BCUT2D eigenvalue weighted by molar-refractivity contribution is 7.99. The van der Waals surface area contributed by atoms with Crippen LogP contribution in [0.4, 0.5) is 0 Å². The first-order valence-corrected chi connectivity index (χ1v) is 6.44. The van der Waals surface area contributed by atoms with Gasteiger partial charge in [0.25, 0.3) is 0 Å². The summed E-state index contributed by atoms with van der Waals surface area (Å²) in [7, 11) is 2.95. The highest BCUT2D eigenvalue weighted by Crippen LogP contribution is 2.18. The summed E-state index contributed by atoms with van der Waals surface area (Å²) >= 11 is 1.58. The number of nitrogens with zero attached hydrogens (tertiary/aromatic N) is 2. The summed E-state index contributed by atoms with van der Waals surface area (Å²) in [6.07, 6.45) is 2.46. The molecule has 1 heterocycles. The Morgan fingerprint density at radius 2 is 2.18 bits per heavy atom. The molecular formula is C11H16N2O3S. The summed E-state index contributed by atoms with van der Waals surface area (Å²) in [5.41, 5.74) is 0.261. The molecule has 0 aliphatic rings. The van der Waals surface area contributed by atoms with Crippen molar-refractivity contribution in [3.05, 3.63) is 11.9 Å². The molecule has 0 saturated heterocycles. The van der Waals surface area contributed by atoms with Crippen molar-refractivity contribution in [1.82, 2.24) is 9.97 Å². The highest BCUT2D eigenvalue weighted by Gasteiger charge is 2.16. The third-order valence-corrected chi connectivity index (χ3v) is 3.13. The maximum absolute atomic E-state index is 11.9. The van der Waals surface area contributed by atoms with Crippen LogP contribution in [0.15, 0.2) is 6.20 Å². The molecule has 0 radical (unpaired) electrons. The van der Waals surface area contributed by atoms with Crippen molar-refractivity contribution in [2.75, 3.05) is 25.7 Å². The molecule has 0 atom stereocenters. The Hall–Kier alpha value is -1.30. The largest absolute Gasteiger partial charge is 0.480 e. The fourth-order valence-electron chi connectivity index (χ4n) is 1.17. The van der Waals surface area contributed by atoms with Gasteiger partial charge in [0.15, 0.2) is 11.5 Å². The maximum atomic E-state index is 11.9. The molecule has 0 bridgehead atoms. The lowest BCUT2D eigenvalue weighted by Gasteiger charge is -2.06. The zero-order valence-electron chi connectivity index (χ0n) is 10.2. The number of carbonyl (C=O) groups is 1. The van der Waals surface area contributed by atoms with Crippen molar-refractivity contribution in [3.8, 4) is 11.8 Å². The molecule has 94 valence electrons. The molecule has 17 heavy (non-hydrogen) atoms. The fourth-order valence-corrected chi connectivity index (χ4v) is 1.92. The average Bonchev–Trinajstić information content (AvgIpc) is 2.38. The van der Waals surface area contributed by atoms with Crippen molar-refractivity contribution in [2.24, 2.45) is 0 Å². The first-order valence-electron chi connectivity index (χ1n) is 5.28. The van der Waals surface area contributed by atoms with Crippen LogP contribution < -0.4 is 9.47 Å². The third-order valence-electron chi connectivity index (χ3n) is 1.97. The third kappa shape index (κ3) is 3.89. The van der Waals surface area contributed by atoms with E-state index >= 15 is 0 Å². The summed E-state index contributed by atoms with van der Waals surface area (Å²) in [6.45, 7) is 2.07. The van der Waals surface area contributed by atoms with Crippen LogP contribution in [0, 0.1) is 0 Å². The Balaban J connectivity index is 2.78. The number of thioether (sulfide) groups is 1. The maximum Gasteiger partial charge on any atom is 0.246 e. The first kappa shape index (κ1) is 13.8. The predicted octanol–water partition coefficient (Wildman–Crippen LogP) is 1.82. The summed E-state index contributed by atoms with van der Waals surface area (Å²) < 4.78 is 9.95. The van der Waals surface area contributed by atoms with E-state index in [1.807, 2.05) is 0 Å². The van der Waals surface area contributed by atoms with Gasteiger partial charge in [-0.25, -0.2) is 4.98 Å². The Morgan fingerprint density at radius 3 is 2.76 bits per heavy atom. The molecule has 0 aliphatic heterocycles. The topological polar surface area (TPSA) is 61.3 Å². The smallest absolute Gasteiger partial charge is 0.246 e. The Labute approximate surface area is 105 Å². The van der Waals surface area contributed by atoms with Crippen molar-refractivity contribution in [2.45, 2.75) is 13.3 Å². The van der Waals surface area contributed by atoms with Crippen LogP contribution in [-0.4, -0.2) is 41.5 Å². The van der Waals surface area contributed by atoms with Gasteiger partial charge in [-0.2, -0.15) is 16.7 Å².